The van der Waals surface area contributed by atoms with Crippen LogP contribution in [0.15, 0.2) is 33.7 Å². The second kappa shape index (κ2) is 7.45. The summed E-state index contributed by atoms with van der Waals surface area (Å²) in [5.74, 6) is 1.74. The summed E-state index contributed by atoms with van der Waals surface area (Å²) >= 11 is 0. The summed E-state index contributed by atoms with van der Waals surface area (Å²) in [6, 6.07) is 7.95. The van der Waals surface area contributed by atoms with Gasteiger partial charge < -0.3 is 15.1 Å². The molecular formula is C17H24N4O3S. The van der Waals surface area contributed by atoms with Crippen LogP contribution < -0.4 is 10.6 Å². The lowest BCUT2D eigenvalue weighted by atomic mass is 10.1. The largest absolute Gasteiger partial charge is 0.459 e. The number of fused-ring (bicyclic) bond motifs is 1. The van der Waals surface area contributed by atoms with Gasteiger partial charge >= 0.3 is 0 Å². The molecule has 1 fully saturated rings. The lowest BCUT2D eigenvalue weighted by Crippen LogP contribution is -2.41. The van der Waals surface area contributed by atoms with E-state index in [0.29, 0.717) is 38.6 Å². The van der Waals surface area contributed by atoms with Gasteiger partial charge in [0.2, 0.25) is 10.0 Å². The Morgan fingerprint density at radius 2 is 2.12 bits per heavy atom. The van der Waals surface area contributed by atoms with Gasteiger partial charge in [-0.3, -0.25) is 4.99 Å². The molecule has 0 unspecified atom stereocenters. The molecule has 7 nitrogen and oxygen atoms in total. The first-order valence-electron chi connectivity index (χ1n) is 8.40. The highest BCUT2D eigenvalue weighted by molar-refractivity contribution is 7.89. The quantitative estimate of drug-likeness (QED) is 0.619. The van der Waals surface area contributed by atoms with E-state index in [1.807, 2.05) is 31.2 Å². The van der Waals surface area contributed by atoms with Crippen molar-refractivity contribution in [2.45, 2.75) is 19.9 Å². The molecule has 25 heavy (non-hydrogen) atoms. The molecule has 8 heteroatoms. The fraction of sp³-hybridized carbons (Fsp3) is 0.471. The third-order valence-electron chi connectivity index (χ3n) is 4.44. The van der Waals surface area contributed by atoms with Crippen molar-refractivity contribution in [1.82, 2.24) is 14.9 Å². The maximum atomic E-state index is 11.8. The van der Waals surface area contributed by atoms with E-state index in [0.717, 1.165) is 22.3 Å². The first-order valence-corrected chi connectivity index (χ1v) is 10.0. The van der Waals surface area contributed by atoms with E-state index in [4.69, 9.17) is 4.42 Å². The topological polar surface area (TPSA) is 86.9 Å². The molecular weight excluding hydrogens is 340 g/mol. The minimum atomic E-state index is -3.05. The lowest BCUT2D eigenvalue weighted by molar-refractivity contribution is 0.444. The molecule has 0 aliphatic carbocycles. The Kier molecular flexibility index (Phi) is 5.29. The Morgan fingerprint density at radius 1 is 1.32 bits per heavy atom. The van der Waals surface area contributed by atoms with Crippen LogP contribution in [0.2, 0.25) is 0 Å². The van der Waals surface area contributed by atoms with Crippen LogP contribution in [0.3, 0.4) is 0 Å². The summed E-state index contributed by atoms with van der Waals surface area (Å²) < 4.78 is 31.0. The first-order chi connectivity index (χ1) is 12.0. The molecule has 0 bridgehead atoms. The van der Waals surface area contributed by atoms with E-state index < -0.39 is 10.0 Å². The molecule has 1 aromatic heterocycles. The fourth-order valence-corrected chi connectivity index (χ4v) is 4.55. The van der Waals surface area contributed by atoms with E-state index in [1.165, 1.54) is 4.31 Å². The van der Waals surface area contributed by atoms with E-state index in [2.05, 4.69) is 15.6 Å². The van der Waals surface area contributed by atoms with Crippen LogP contribution in [0, 0.1) is 6.92 Å². The highest BCUT2D eigenvalue weighted by Gasteiger charge is 2.27. The molecule has 1 aliphatic rings. The van der Waals surface area contributed by atoms with E-state index in [9.17, 15) is 8.42 Å². The Bertz CT molecular complexity index is 873. The van der Waals surface area contributed by atoms with Crippen molar-refractivity contribution in [2.75, 3.05) is 32.4 Å². The Morgan fingerprint density at radius 3 is 2.80 bits per heavy atom. The summed E-state index contributed by atoms with van der Waals surface area (Å²) in [6.45, 7) is 4.12. The number of sulfonamides is 1. The second-order valence-corrected chi connectivity index (χ2v) is 8.16. The predicted molar refractivity (Wildman–Crippen MR) is 99.1 cm³/mol. The van der Waals surface area contributed by atoms with Gasteiger partial charge in [-0.25, -0.2) is 12.7 Å². The number of aliphatic imine (C=N–C) groups is 1. The number of guanidine groups is 1. The van der Waals surface area contributed by atoms with Crippen LogP contribution in [0.4, 0.5) is 0 Å². The smallest absolute Gasteiger partial charge is 0.214 e. The molecule has 2 aromatic rings. The summed E-state index contributed by atoms with van der Waals surface area (Å²) in [5, 5.41) is 7.47. The van der Waals surface area contributed by atoms with E-state index >= 15 is 0 Å². The monoisotopic (exact) mass is 364 g/mol. The van der Waals surface area contributed by atoms with E-state index in [1.54, 1.807) is 7.05 Å². The van der Waals surface area contributed by atoms with Crippen LogP contribution in [-0.2, 0) is 16.6 Å². The predicted octanol–water partition coefficient (Wildman–Crippen LogP) is 1.44. The van der Waals surface area contributed by atoms with Crippen LogP contribution in [0.5, 0.6) is 0 Å². The molecule has 0 spiro atoms. The zero-order chi connectivity index (χ0) is 17.9. The van der Waals surface area contributed by atoms with Crippen LogP contribution in [-0.4, -0.2) is 51.1 Å². The third-order valence-corrected chi connectivity index (χ3v) is 6.40. The van der Waals surface area contributed by atoms with Crippen molar-refractivity contribution in [3.05, 3.63) is 35.6 Å². The van der Waals surface area contributed by atoms with Crippen molar-refractivity contribution in [2.24, 2.45) is 4.99 Å². The van der Waals surface area contributed by atoms with Gasteiger partial charge in [-0.05, 0) is 19.4 Å². The molecule has 0 radical (unpaired) electrons. The van der Waals surface area contributed by atoms with Crippen molar-refractivity contribution >= 4 is 27.0 Å². The van der Waals surface area contributed by atoms with Crippen LogP contribution >= 0.6 is 0 Å². The van der Waals surface area contributed by atoms with Crippen LogP contribution in [0.25, 0.3) is 11.0 Å². The minimum Gasteiger partial charge on any atom is -0.459 e. The highest BCUT2D eigenvalue weighted by atomic mass is 32.2. The Balaban J connectivity index is 1.53. The van der Waals surface area contributed by atoms with Crippen molar-refractivity contribution in [3.63, 3.8) is 0 Å². The number of nitrogens with one attached hydrogen (secondary N) is 2. The van der Waals surface area contributed by atoms with Crippen molar-refractivity contribution in [3.8, 4) is 0 Å². The minimum absolute atomic E-state index is 0.255. The van der Waals surface area contributed by atoms with Crippen LogP contribution in [0.1, 0.15) is 17.7 Å². The standard InChI is InChI=1S/C17H24N4O3S/c1-13-14-6-3-4-7-15(14)24-16(13)12-20-17(18-2)19-8-10-21-9-5-11-25(21,22)23/h3-4,6-7H,5,8-12H2,1-2H3,(H2,18,19,20). The number of nitrogens with zero attached hydrogens (tertiary/aromatic N) is 2. The molecule has 0 atom stereocenters. The molecule has 1 aromatic carbocycles. The second-order valence-electron chi connectivity index (χ2n) is 6.07. The number of aryl methyl sites for hydroxylation is 1. The third kappa shape index (κ3) is 3.96. The van der Waals surface area contributed by atoms with Crippen molar-refractivity contribution in [1.29, 1.82) is 0 Å². The number of furan rings is 1. The number of benzene rings is 1. The molecule has 0 amide bonds. The SMILES string of the molecule is CN=C(NCCN1CCCS1(=O)=O)NCc1oc2ccccc2c1C. The fourth-order valence-electron chi connectivity index (χ4n) is 3.02. The number of rotatable bonds is 5. The molecule has 0 saturated carbocycles. The normalized spacial score (nSPS) is 17.9. The van der Waals surface area contributed by atoms with Gasteiger partial charge in [0.15, 0.2) is 5.96 Å². The van der Waals surface area contributed by atoms with Crippen molar-refractivity contribution < 1.29 is 12.8 Å². The Hall–Kier alpha value is -2.06. The average Bonchev–Trinajstić information content (AvgIpc) is 3.10. The first kappa shape index (κ1) is 17.8. The molecule has 1 saturated heterocycles. The Labute approximate surface area is 148 Å². The summed E-state index contributed by atoms with van der Waals surface area (Å²) in [4.78, 5) is 4.17. The van der Waals surface area contributed by atoms with Gasteiger partial charge in [0.05, 0.1) is 12.3 Å². The average molecular weight is 364 g/mol. The molecule has 3 rings (SSSR count). The highest BCUT2D eigenvalue weighted by Crippen LogP contribution is 2.24. The van der Waals surface area contributed by atoms with E-state index in [-0.39, 0.29) is 5.75 Å². The van der Waals surface area contributed by atoms with Gasteiger partial charge in [-0.1, -0.05) is 18.2 Å². The molecule has 1 aliphatic heterocycles. The molecule has 2 N–H and O–H groups in total. The maximum Gasteiger partial charge on any atom is 0.214 e. The summed E-state index contributed by atoms with van der Waals surface area (Å²) in [7, 11) is -1.36. The number of para-hydroxylation sites is 1. The van der Waals surface area contributed by atoms with Gasteiger partial charge in [-0.15, -0.1) is 0 Å². The van der Waals surface area contributed by atoms with Gasteiger partial charge in [-0.2, -0.15) is 0 Å². The molecule has 136 valence electrons. The van der Waals surface area contributed by atoms with Gasteiger partial charge in [0, 0.05) is 37.6 Å². The maximum absolute atomic E-state index is 11.8. The van der Waals surface area contributed by atoms with Gasteiger partial charge in [0.1, 0.15) is 11.3 Å². The van der Waals surface area contributed by atoms with Gasteiger partial charge in [0.25, 0.3) is 0 Å². The summed E-state index contributed by atoms with van der Waals surface area (Å²) in [6.07, 6.45) is 0.709. The summed E-state index contributed by atoms with van der Waals surface area (Å²) in [5.41, 5.74) is 1.99. The number of hydrogen-bond acceptors (Lipinski definition) is 4. The lowest BCUT2D eigenvalue weighted by Gasteiger charge is -2.16. The number of hydrogen-bond donors (Lipinski definition) is 2. The zero-order valence-corrected chi connectivity index (χ0v) is 15.4. The molecule has 2 heterocycles. The zero-order valence-electron chi connectivity index (χ0n) is 14.6.